The van der Waals surface area contributed by atoms with Crippen molar-refractivity contribution in [3.8, 4) is 0 Å². The van der Waals surface area contributed by atoms with Gasteiger partial charge in [0.1, 0.15) is 0 Å². The summed E-state index contributed by atoms with van der Waals surface area (Å²) >= 11 is 0. The Morgan fingerprint density at radius 1 is 1.19 bits per heavy atom. The number of likely N-dealkylation sites (N-methyl/N-ethyl adjacent to an activating group) is 2. The molecule has 0 aliphatic rings. The Balaban J connectivity index is 2.76. The molecule has 4 nitrogen and oxygen atoms in total. The molecule has 118 valence electrons. The maximum absolute atomic E-state index is 11.8. The smallest absolute Gasteiger partial charge is 0.241 e. The van der Waals surface area contributed by atoms with Crippen LogP contribution >= 0.6 is 0 Å². The van der Waals surface area contributed by atoms with E-state index in [2.05, 4.69) is 51.2 Å². The summed E-state index contributed by atoms with van der Waals surface area (Å²) in [5, 5.41) is 3.49. The second-order valence-corrected chi connectivity index (χ2v) is 6.87. The molecule has 1 rings (SSSR count). The van der Waals surface area contributed by atoms with E-state index in [0.717, 1.165) is 12.2 Å². The molecule has 0 bridgehead atoms. The summed E-state index contributed by atoms with van der Waals surface area (Å²) in [6.07, 6.45) is 0. The Morgan fingerprint density at radius 2 is 1.81 bits per heavy atom. The minimum Gasteiger partial charge on any atom is -0.365 e. The molecule has 0 aliphatic heterocycles. The Labute approximate surface area is 129 Å². The number of hydrogen-bond acceptors (Lipinski definition) is 3. The molecule has 1 aromatic carbocycles. The molecule has 1 amide bonds. The third kappa shape index (κ3) is 5.76. The normalized spacial score (nSPS) is 11.4. The first kappa shape index (κ1) is 17.5. The fourth-order valence-electron chi connectivity index (χ4n) is 2.05. The Bertz CT molecular complexity index is 489. The average molecular weight is 291 g/mol. The molecule has 0 radical (unpaired) electrons. The zero-order chi connectivity index (χ0) is 16.2. The molecule has 0 aromatic heterocycles. The molecular weight excluding hydrogens is 262 g/mol. The largest absolute Gasteiger partial charge is 0.365 e. The quantitative estimate of drug-likeness (QED) is 0.905. The number of amides is 1. The van der Waals surface area contributed by atoms with Crippen molar-refractivity contribution >= 4 is 11.6 Å². The lowest BCUT2D eigenvalue weighted by Crippen LogP contribution is -2.35. The van der Waals surface area contributed by atoms with Gasteiger partial charge < -0.3 is 15.1 Å². The van der Waals surface area contributed by atoms with E-state index < -0.39 is 0 Å². The van der Waals surface area contributed by atoms with Crippen molar-refractivity contribution in [2.45, 2.75) is 39.8 Å². The van der Waals surface area contributed by atoms with Crippen LogP contribution in [0.4, 0.5) is 5.69 Å². The number of aryl methyl sites for hydroxylation is 1. The number of carbonyl (C=O) groups is 1. The van der Waals surface area contributed by atoms with Crippen molar-refractivity contribution in [3.63, 3.8) is 0 Å². The molecule has 1 aromatic rings. The molecular formula is C17H29N3O. The van der Waals surface area contributed by atoms with E-state index in [0.29, 0.717) is 6.54 Å². The van der Waals surface area contributed by atoms with Crippen molar-refractivity contribution < 1.29 is 4.79 Å². The van der Waals surface area contributed by atoms with E-state index in [4.69, 9.17) is 0 Å². The van der Waals surface area contributed by atoms with Crippen molar-refractivity contribution in [2.24, 2.45) is 0 Å². The lowest BCUT2D eigenvalue weighted by molar-refractivity contribution is -0.127. The van der Waals surface area contributed by atoms with Crippen LogP contribution < -0.4 is 10.2 Å². The highest BCUT2D eigenvalue weighted by atomic mass is 16.2. The van der Waals surface area contributed by atoms with Gasteiger partial charge in [-0.2, -0.15) is 0 Å². The van der Waals surface area contributed by atoms with Crippen LogP contribution in [0.2, 0.25) is 0 Å². The lowest BCUT2D eigenvalue weighted by Gasteiger charge is -2.24. The van der Waals surface area contributed by atoms with Gasteiger partial charge in [-0.15, -0.1) is 0 Å². The second-order valence-electron chi connectivity index (χ2n) is 6.87. The van der Waals surface area contributed by atoms with Crippen LogP contribution in [-0.4, -0.2) is 44.0 Å². The van der Waals surface area contributed by atoms with Crippen molar-refractivity contribution in [3.05, 3.63) is 29.3 Å². The molecule has 4 heteroatoms. The standard InChI is InChI=1S/C17H29N3O/c1-13-10-14(11-18-17(2,3)4)8-9-15(13)20(7)12-16(21)19(5)6/h8-10,18H,11-12H2,1-7H3. The minimum atomic E-state index is 0.107. The summed E-state index contributed by atoms with van der Waals surface area (Å²) in [5.74, 6) is 0.107. The highest BCUT2D eigenvalue weighted by Crippen LogP contribution is 2.20. The number of rotatable bonds is 5. The Morgan fingerprint density at radius 3 is 2.29 bits per heavy atom. The van der Waals surface area contributed by atoms with E-state index in [-0.39, 0.29) is 11.4 Å². The molecule has 1 N–H and O–H groups in total. The zero-order valence-corrected chi connectivity index (χ0v) is 14.4. The molecule has 0 fully saturated rings. The average Bonchev–Trinajstić information content (AvgIpc) is 2.35. The predicted molar refractivity (Wildman–Crippen MR) is 89.7 cm³/mol. The first-order chi connectivity index (χ1) is 9.60. The van der Waals surface area contributed by atoms with Crippen molar-refractivity contribution in [1.29, 1.82) is 0 Å². The van der Waals surface area contributed by atoms with Gasteiger partial charge in [-0.3, -0.25) is 4.79 Å². The summed E-state index contributed by atoms with van der Waals surface area (Å²) in [5.41, 5.74) is 3.67. The van der Waals surface area contributed by atoms with Crippen LogP contribution in [-0.2, 0) is 11.3 Å². The monoisotopic (exact) mass is 291 g/mol. The van der Waals surface area contributed by atoms with Crippen LogP contribution in [0.3, 0.4) is 0 Å². The van der Waals surface area contributed by atoms with Gasteiger partial charge >= 0.3 is 0 Å². The Hall–Kier alpha value is -1.55. The molecule has 0 atom stereocenters. The lowest BCUT2D eigenvalue weighted by atomic mass is 10.1. The summed E-state index contributed by atoms with van der Waals surface area (Å²) < 4.78 is 0. The van der Waals surface area contributed by atoms with Gasteiger partial charge in [0.2, 0.25) is 5.91 Å². The van der Waals surface area contributed by atoms with E-state index >= 15 is 0 Å². The zero-order valence-electron chi connectivity index (χ0n) is 14.4. The van der Waals surface area contributed by atoms with E-state index in [1.807, 2.05) is 11.9 Å². The number of benzene rings is 1. The van der Waals surface area contributed by atoms with Gasteiger partial charge in [-0.25, -0.2) is 0 Å². The third-order valence-corrected chi connectivity index (χ3v) is 3.37. The first-order valence-electron chi connectivity index (χ1n) is 7.36. The molecule has 0 aliphatic carbocycles. The molecule has 21 heavy (non-hydrogen) atoms. The number of nitrogens with zero attached hydrogens (tertiary/aromatic N) is 2. The molecule has 0 saturated heterocycles. The number of anilines is 1. The van der Waals surface area contributed by atoms with Crippen LogP contribution in [0.5, 0.6) is 0 Å². The highest BCUT2D eigenvalue weighted by molar-refractivity contribution is 5.81. The highest BCUT2D eigenvalue weighted by Gasteiger charge is 2.12. The van der Waals surface area contributed by atoms with E-state index in [1.54, 1.807) is 19.0 Å². The molecule has 0 saturated carbocycles. The first-order valence-corrected chi connectivity index (χ1v) is 7.36. The minimum absolute atomic E-state index is 0.107. The molecule has 0 heterocycles. The van der Waals surface area contributed by atoms with Crippen LogP contribution in [0.15, 0.2) is 18.2 Å². The van der Waals surface area contributed by atoms with Crippen molar-refractivity contribution in [2.75, 3.05) is 32.6 Å². The predicted octanol–water partition coefficient (Wildman–Crippen LogP) is 2.41. The van der Waals surface area contributed by atoms with Gasteiger partial charge in [0.25, 0.3) is 0 Å². The van der Waals surface area contributed by atoms with Crippen LogP contribution in [0.1, 0.15) is 31.9 Å². The molecule has 0 unspecified atom stereocenters. The van der Waals surface area contributed by atoms with Gasteiger partial charge in [-0.1, -0.05) is 12.1 Å². The summed E-state index contributed by atoms with van der Waals surface area (Å²) in [4.78, 5) is 15.4. The van der Waals surface area contributed by atoms with Gasteiger partial charge in [0, 0.05) is 38.9 Å². The van der Waals surface area contributed by atoms with Gasteiger partial charge in [-0.05, 0) is 44.9 Å². The maximum atomic E-state index is 11.8. The summed E-state index contributed by atoms with van der Waals surface area (Å²) in [6, 6.07) is 6.40. The number of hydrogen-bond donors (Lipinski definition) is 1. The van der Waals surface area contributed by atoms with Crippen LogP contribution in [0.25, 0.3) is 0 Å². The number of carbonyl (C=O) groups excluding carboxylic acids is 1. The fourth-order valence-corrected chi connectivity index (χ4v) is 2.05. The third-order valence-electron chi connectivity index (χ3n) is 3.37. The fraction of sp³-hybridized carbons (Fsp3) is 0.588. The molecule has 0 spiro atoms. The summed E-state index contributed by atoms with van der Waals surface area (Å²) in [6.45, 7) is 9.82. The number of nitrogens with one attached hydrogen (secondary N) is 1. The topological polar surface area (TPSA) is 35.6 Å². The Kier molecular flexibility index (Phi) is 5.78. The van der Waals surface area contributed by atoms with Crippen molar-refractivity contribution in [1.82, 2.24) is 10.2 Å². The SMILES string of the molecule is Cc1cc(CNC(C)(C)C)ccc1N(C)CC(=O)N(C)C. The second kappa shape index (κ2) is 6.94. The summed E-state index contributed by atoms with van der Waals surface area (Å²) in [7, 11) is 5.52. The van der Waals surface area contributed by atoms with E-state index in [9.17, 15) is 4.79 Å². The van der Waals surface area contributed by atoms with Gasteiger partial charge in [0.15, 0.2) is 0 Å². The van der Waals surface area contributed by atoms with E-state index in [1.165, 1.54) is 11.1 Å². The maximum Gasteiger partial charge on any atom is 0.241 e. The van der Waals surface area contributed by atoms with Crippen LogP contribution in [0, 0.1) is 6.92 Å². The van der Waals surface area contributed by atoms with Gasteiger partial charge in [0.05, 0.1) is 6.54 Å².